The molecule has 0 N–H and O–H groups in total. The van der Waals surface area contributed by atoms with Gasteiger partial charge in [0.1, 0.15) is 9.84 Å². The number of carbonyl (C=O) groups is 1. The van der Waals surface area contributed by atoms with Crippen LogP contribution in [0.3, 0.4) is 0 Å². The third-order valence-electron chi connectivity index (χ3n) is 2.76. The maximum atomic E-state index is 11.7. The molecule has 0 atom stereocenters. The summed E-state index contributed by atoms with van der Waals surface area (Å²) in [5.41, 5.74) is 0. The standard InChI is InChI=1S/C10H20N2O3S/c1-11-5-3-6-12(8-7-11)10(13)4-9-16(2,14)15/h3-9H2,1-2H3. The van der Waals surface area contributed by atoms with E-state index in [1.807, 2.05) is 7.05 Å². The topological polar surface area (TPSA) is 57.7 Å². The number of carbonyl (C=O) groups excluding carboxylic acids is 1. The van der Waals surface area contributed by atoms with Gasteiger partial charge in [0.15, 0.2) is 0 Å². The molecule has 0 bridgehead atoms. The minimum Gasteiger partial charge on any atom is -0.341 e. The van der Waals surface area contributed by atoms with Crippen molar-refractivity contribution in [2.24, 2.45) is 0 Å². The van der Waals surface area contributed by atoms with E-state index in [1.165, 1.54) is 0 Å². The van der Waals surface area contributed by atoms with Gasteiger partial charge in [-0.2, -0.15) is 0 Å². The van der Waals surface area contributed by atoms with Crippen LogP contribution in [0.15, 0.2) is 0 Å². The highest BCUT2D eigenvalue weighted by Crippen LogP contribution is 2.04. The Morgan fingerprint density at radius 1 is 1.19 bits per heavy atom. The molecule has 0 unspecified atom stereocenters. The lowest BCUT2D eigenvalue weighted by Gasteiger charge is -2.20. The first-order valence-corrected chi connectivity index (χ1v) is 7.58. The first-order valence-electron chi connectivity index (χ1n) is 5.52. The van der Waals surface area contributed by atoms with E-state index in [0.717, 1.165) is 32.3 Å². The van der Waals surface area contributed by atoms with Crippen molar-refractivity contribution in [1.29, 1.82) is 0 Å². The summed E-state index contributed by atoms with van der Waals surface area (Å²) >= 11 is 0. The molecular formula is C10H20N2O3S. The largest absolute Gasteiger partial charge is 0.341 e. The summed E-state index contributed by atoms with van der Waals surface area (Å²) in [7, 11) is -1.00. The summed E-state index contributed by atoms with van der Waals surface area (Å²) in [6, 6.07) is 0. The fourth-order valence-electron chi connectivity index (χ4n) is 1.73. The summed E-state index contributed by atoms with van der Waals surface area (Å²) < 4.78 is 21.9. The number of rotatable bonds is 3. The zero-order valence-electron chi connectivity index (χ0n) is 9.98. The SMILES string of the molecule is CN1CCCN(C(=O)CCS(C)(=O)=O)CC1. The van der Waals surface area contributed by atoms with Gasteiger partial charge in [-0.15, -0.1) is 0 Å². The van der Waals surface area contributed by atoms with Crippen LogP contribution in [0.1, 0.15) is 12.8 Å². The van der Waals surface area contributed by atoms with E-state index in [-0.39, 0.29) is 18.1 Å². The fraction of sp³-hybridized carbons (Fsp3) is 0.900. The van der Waals surface area contributed by atoms with Gasteiger partial charge in [0.25, 0.3) is 0 Å². The van der Waals surface area contributed by atoms with Crippen molar-refractivity contribution < 1.29 is 13.2 Å². The molecule has 16 heavy (non-hydrogen) atoms. The van der Waals surface area contributed by atoms with E-state index in [1.54, 1.807) is 4.90 Å². The molecular weight excluding hydrogens is 228 g/mol. The molecule has 0 radical (unpaired) electrons. The zero-order chi connectivity index (χ0) is 12.2. The second kappa shape index (κ2) is 5.63. The average molecular weight is 248 g/mol. The maximum Gasteiger partial charge on any atom is 0.223 e. The predicted octanol–water partition coefficient (Wildman–Crippen LogP) is -0.415. The number of hydrogen-bond donors (Lipinski definition) is 0. The Balaban J connectivity index is 2.41. The van der Waals surface area contributed by atoms with Crippen LogP contribution >= 0.6 is 0 Å². The lowest BCUT2D eigenvalue weighted by Crippen LogP contribution is -2.35. The highest BCUT2D eigenvalue weighted by molar-refractivity contribution is 7.90. The first-order chi connectivity index (χ1) is 7.38. The van der Waals surface area contributed by atoms with Crippen molar-refractivity contribution in [2.45, 2.75) is 12.8 Å². The number of likely N-dealkylation sites (N-methyl/N-ethyl adjacent to an activating group) is 1. The van der Waals surface area contributed by atoms with Gasteiger partial charge in [-0.05, 0) is 20.0 Å². The number of hydrogen-bond acceptors (Lipinski definition) is 4. The third-order valence-corrected chi connectivity index (χ3v) is 3.70. The number of sulfone groups is 1. The second-order valence-electron chi connectivity index (χ2n) is 4.42. The van der Waals surface area contributed by atoms with Gasteiger partial charge < -0.3 is 9.80 Å². The van der Waals surface area contributed by atoms with Crippen LogP contribution in [0.25, 0.3) is 0 Å². The summed E-state index contributed by atoms with van der Waals surface area (Å²) in [6.45, 7) is 3.31. The van der Waals surface area contributed by atoms with Crippen LogP contribution in [0.5, 0.6) is 0 Å². The maximum absolute atomic E-state index is 11.7. The molecule has 5 nitrogen and oxygen atoms in total. The molecule has 0 aromatic heterocycles. The normalized spacial score (nSPS) is 19.5. The van der Waals surface area contributed by atoms with Crippen molar-refractivity contribution in [3.63, 3.8) is 0 Å². The smallest absolute Gasteiger partial charge is 0.223 e. The molecule has 0 aromatic rings. The van der Waals surface area contributed by atoms with Crippen molar-refractivity contribution in [2.75, 3.05) is 45.2 Å². The molecule has 94 valence electrons. The van der Waals surface area contributed by atoms with Crippen molar-refractivity contribution in [3.8, 4) is 0 Å². The molecule has 1 amide bonds. The lowest BCUT2D eigenvalue weighted by atomic mass is 10.3. The Hall–Kier alpha value is -0.620. The Kier molecular flexibility index (Phi) is 4.73. The molecule has 1 aliphatic rings. The van der Waals surface area contributed by atoms with Gasteiger partial charge >= 0.3 is 0 Å². The molecule has 0 spiro atoms. The van der Waals surface area contributed by atoms with Crippen LogP contribution in [0.4, 0.5) is 0 Å². The predicted molar refractivity (Wildman–Crippen MR) is 63.0 cm³/mol. The van der Waals surface area contributed by atoms with Gasteiger partial charge in [0.2, 0.25) is 5.91 Å². The average Bonchev–Trinajstić information content (AvgIpc) is 2.38. The highest BCUT2D eigenvalue weighted by Gasteiger charge is 2.18. The van der Waals surface area contributed by atoms with E-state index < -0.39 is 9.84 Å². The third kappa shape index (κ3) is 4.94. The molecule has 0 aromatic carbocycles. The minimum atomic E-state index is -3.04. The second-order valence-corrected chi connectivity index (χ2v) is 6.68. The molecule has 1 rings (SSSR count). The Labute approximate surface area is 97.3 Å². The summed E-state index contributed by atoms with van der Waals surface area (Å²) in [6.07, 6.45) is 2.24. The molecule has 6 heteroatoms. The van der Waals surface area contributed by atoms with Gasteiger partial charge in [-0.25, -0.2) is 8.42 Å². The molecule has 0 saturated carbocycles. The Morgan fingerprint density at radius 2 is 1.88 bits per heavy atom. The van der Waals surface area contributed by atoms with Gasteiger partial charge in [0, 0.05) is 32.3 Å². The van der Waals surface area contributed by atoms with E-state index in [0.29, 0.717) is 6.54 Å². The van der Waals surface area contributed by atoms with Crippen LogP contribution < -0.4 is 0 Å². The van der Waals surface area contributed by atoms with E-state index in [9.17, 15) is 13.2 Å². The van der Waals surface area contributed by atoms with Crippen molar-refractivity contribution >= 4 is 15.7 Å². The van der Waals surface area contributed by atoms with Crippen LogP contribution in [-0.2, 0) is 14.6 Å². The molecule has 1 heterocycles. The quantitative estimate of drug-likeness (QED) is 0.681. The van der Waals surface area contributed by atoms with Crippen LogP contribution in [0, 0.1) is 0 Å². The monoisotopic (exact) mass is 248 g/mol. The Morgan fingerprint density at radius 3 is 2.50 bits per heavy atom. The summed E-state index contributed by atoms with van der Waals surface area (Å²) in [5, 5.41) is 0. The minimum absolute atomic E-state index is 0.0410. The van der Waals surface area contributed by atoms with Crippen molar-refractivity contribution in [3.05, 3.63) is 0 Å². The summed E-state index contributed by atoms with van der Waals surface area (Å²) in [4.78, 5) is 15.7. The first kappa shape index (κ1) is 13.4. The van der Waals surface area contributed by atoms with Crippen LogP contribution in [0.2, 0.25) is 0 Å². The molecule has 0 aliphatic carbocycles. The van der Waals surface area contributed by atoms with Crippen LogP contribution in [-0.4, -0.2) is 69.4 Å². The van der Waals surface area contributed by atoms with E-state index in [4.69, 9.17) is 0 Å². The van der Waals surface area contributed by atoms with E-state index >= 15 is 0 Å². The Bertz CT molecular complexity index is 340. The molecule has 1 fully saturated rings. The fourth-order valence-corrected chi connectivity index (χ4v) is 2.27. The number of amides is 1. The zero-order valence-corrected chi connectivity index (χ0v) is 10.8. The molecule has 1 aliphatic heterocycles. The highest BCUT2D eigenvalue weighted by atomic mass is 32.2. The van der Waals surface area contributed by atoms with Crippen molar-refractivity contribution in [1.82, 2.24) is 9.80 Å². The van der Waals surface area contributed by atoms with Gasteiger partial charge in [-0.1, -0.05) is 0 Å². The number of nitrogens with zero attached hydrogens (tertiary/aromatic N) is 2. The van der Waals surface area contributed by atoms with E-state index in [2.05, 4.69) is 4.90 Å². The lowest BCUT2D eigenvalue weighted by molar-refractivity contribution is -0.130. The molecule has 1 saturated heterocycles. The summed E-state index contributed by atoms with van der Waals surface area (Å²) in [5.74, 6) is -0.0845. The van der Waals surface area contributed by atoms with Gasteiger partial charge in [0.05, 0.1) is 5.75 Å². The van der Waals surface area contributed by atoms with Gasteiger partial charge in [-0.3, -0.25) is 4.79 Å².